The van der Waals surface area contributed by atoms with Crippen LogP contribution in [0.2, 0.25) is 0 Å². The van der Waals surface area contributed by atoms with E-state index in [4.69, 9.17) is 0 Å². The number of aryl methyl sites for hydroxylation is 2. The van der Waals surface area contributed by atoms with E-state index >= 15 is 0 Å². The van der Waals surface area contributed by atoms with Crippen LogP contribution in [0.1, 0.15) is 31.2 Å². The molecule has 1 atom stereocenters. The summed E-state index contributed by atoms with van der Waals surface area (Å²) in [6, 6.07) is 4.12. The Bertz CT molecular complexity index is 657. The van der Waals surface area contributed by atoms with Gasteiger partial charge in [-0.1, -0.05) is 13.0 Å². The highest BCUT2D eigenvalue weighted by Gasteiger charge is 2.24. The Morgan fingerprint density at radius 2 is 2.13 bits per heavy atom. The summed E-state index contributed by atoms with van der Waals surface area (Å²) in [6.45, 7) is 6.17. The van der Waals surface area contributed by atoms with Gasteiger partial charge < -0.3 is 10.0 Å². The van der Waals surface area contributed by atoms with Crippen molar-refractivity contribution >= 4 is 5.82 Å². The minimum absolute atomic E-state index is 0.240. The van der Waals surface area contributed by atoms with Crippen LogP contribution in [0.25, 0.3) is 11.1 Å². The van der Waals surface area contributed by atoms with Crippen LogP contribution in [0.5, 0.6) is 0 Å². The molecule has 0 radical (unpaired) electrons. The Labute approximate surface area is 137 Å². The van der Waals surface area contributed by atoms with E-state index < -0.39 is 0 Å². The second kappa shape index (κ2) is 7.04. The molecule has 2 aromatic heterocycles. The number of nitrogens with zero attached hydrogens (tertiary/aromatic N) is 4. The molecule has 0 spiro atoms. The predicted octanol–water partition coefficient (Wildman–Crippen LogP) is 2.62. The first-order valence-electron chi connectivity index (χ1n) is 8.35. The molecule has 122 valence electrons. The Morgan fingerprint density at radius 1 is 1.26 bits per heavy atom. The van der Waals surface area contributed by atoms with Crippen molar-refractivity contribution < 1.29 is 5.11 Å². The number of aliphatic hydroxyl groups is 1. The molecule has 1 saturated heterocycles. The topological polar surface area (TPSA) is 62.1 Å². The highest BCUT2D eigenvalue weighted by Crippen LogP contribution is 2.33. The molecule has 2 aromatic rings. The van der Waals surface area contributed by atoms with E-state index in [2.05, 4.69) is 32.8 Å². The summed E-state index contributed by atoms with van der Waals surface area (Å²) in [5, 5.41) is 9.50. The lowest BCUT2D eigenvalue weighted by atomic mass is 9.97. The van der Waals surface area contributed by atoms with Crippen molar-refractivity contribution in [2.24, 2.45) is 5.92 Å². The lowest BCUT2D eigenvalue weighted by molar-refractivity contribution is 0.208. The highest BCUT2D eigenvalue weighted by molar-refractivity contribution is 5.77. The highest BCUT2D eigenvalue weighted by atomic mass is 16.3. The van der Waals surface area contributed by atoms with Gasteiger partial charge in [0.05, 0.1) is 5.69 Å². The lowest BCUT2D eigenvalue weighted by Crippen LogP contribution is -2.37. The molecule has 0 saturated carbocycles. The molecule has 1 fully saturated rings. The molecular weight excluding hydrogens is 288 g/mol. The Morgan fingerprint density at radius 3 is 2.83 bits per heavy atom. The summed E-state index contributed by atoms with van der Waals surface area (Å²) in [6.07, 6.45) is 6.59. The number of hydrogen-bond acceptors (Lipinski definition) is 5. The van der Waals surface area contributed by atoms with Crippen LogP contribution in [0.15, 0.2) is 24.7 Å². The zero-order chi connectivity index (χ0) is 16.2. The minimum Gasteiger partial charge on any atom is -0.396 e. The standard InChI is InChI=1S/C18H24N4O/c1-3-16-17(15-7-6-13(2)19-9-15)18(21-12-20-16)22-8-4-5-14(10-22)11-23/h6-7,9,12,14,23H,3-5,8,10-11H2,1-2H3. The molecule has 1 aliphatic heterocycles. The van der Waals surface area contributed by atoms with E-state index in [0.29, 0.717) is 5.92 Å². The molecule has 0 amide bonds. The van der Waals surface area contributed by atoms with Crippen LogP contribution in [-0.4, -0.2) is 39.8 Å². The second-order valence-electron chi connectivity index (χ2n) is 6.20. The second-order valence-corrected chi connectivity index (χ2v) is 6.20. The fraction of sp³-hybridized carbons (Fsp3) is 0.500. The van der Waals surface area contributed by atoms with Crippen molar-refractivity contribution in [1.29, 1.82) is 0 Å². The van der Waals surface area contributed by atoms with E-state index in [0.717, 1.165) is 60.7 Å². The molecule has 23 heavy (non-hydrogen) atoms. The van der Waals surface area contributed by atoms with Crippen LogP contribution in [0, 0.1) is 12.8 Å². The normalized spacial score (nSPS) is 18.2. The van der Waals surface area contributed by atoms with E-state index in [1.54, 1.807) is 6.33 Å². The van der Waals surface area contributed by atoms with Crippen LogP contribution < -0.4 is 4.90 Å². The maximum Gasteiger partial charge on any atom is 0.140 e. The fourth-order valence-corrected chi connectivity index (χ4v) is 3.24. The summed E-state index contributed by atoms with van der Waals surface area (Å²) in [5.74, 6) is 1.30. The summed E-state index contributed by atoms with van der Waals surface area (Å²) in [5.41, 5.74) is 4.20. The molecule has 0 bridgehead atoms. The van der Waals surface area contributed by atoms with Crippen molar-refractivity contribution in [2.45, 2.75) is 33.1 Å². The van der Waals surface area contributed by atoms with Gasteiger partial charge in [-0.25, -0.2) is 9.97 Å². The summed E-state index contributed by atoms with van der Waals surface area (Å²) >= 11 is 0. The van der Waals surface area contributed by atoms with Gasteiger partial charge in [-0.15, -0.1) is 0 Å². The number of piperidine rings is 1. The summed E-state index contributed by atoms with van der Waals surface area (Å²) < 4.78 is 0. The van der Waals surface area contributed by atoms with E-state index in [1.165, 1.54) is 0 Å². The molecule has 0 aliphatic carbocycles. The van der Waals surface area contributed by atoms with Crippen molar-refractivity contribution in [2.75, 3.05) is 24.6 Å². The van der Waals surface area contributed by atoms with Gasteiger partial charge in [-0.2, -0.15) is 0 Å². The van der Waals surface area contributed by atoms with Crippen LogP contribution >= 0.6 is 0 Å². The SMILES string of the molecule is CCc1ncnc(N2CCCC(CO)C2)c1-c1ccc(C)nc1. The number of anilines is 1. The predicted molar refractivity (Wildman–Crippen MR) is 91.4 cm³/mol. The van der Waals surface area contributed by atoms with E-state index in [-0.39, 0.29) is 6.61 Å². The molecule has 5 nitrogen and oxygen atoms in total. The fourth-order valence-electron chi connectivity index (χ4n) is 3.24. The number of pyridine rings is 1. The van der Waals surface area contributed by atoms with Crippen molar-refractivity contribution in [3.05, 3.63) is 36.0 Å². The Balaban J connectivity index is 2.04. The van der Waals surface area contributed by atoms with Gasteiger partial charge in [0.25, 0.3) is 0 Å². The third kappa shape index (κ3) is 3.34. The molecular formula is C18H24N4O. The maximum absolute atomic E-state index is 9.50. The number of rotatable bonds is 4. The quantitative estimate of drug-likeness (QED) is 0.940. The monoisotopic (exact) mass is 312 g/mol. The van der Waals surface area contributed by atoms with Gasteiger partial charge in [-0.3, -0.25) is 4.98 Å². The molecule has 1 aliphatic rings. The number of aliphatic hydroxyl groups excluding tert-OH is 1. The Kier molecular flexibility index (Phi) is 4.86. The molecule has 5 heteroatoms. The molecule has 3 heterocycles. The number of hydrogen-bond donors (Lipinski definition) is 1. The Hall–Kier alpha value is -2.01. The average Bonchev–Trinajstić information content (AvgIpc) is 2.62. The first-order chi connectivity index (χ1) is 11.2. The first-order valence-corrected chi connectivity index (χ1v) is 8.35. The van der Waals surface area contributed by atoms with Crippen molar-refractivity contribution in [3.8, 4) is 11.1 Å². The molecule has 3 rings (SSSR count). The van der Waals surface area contributed by atoms with E-state index in [1.807, 2.05) is 19.2 Å². The minimum atomic E-state index is 0.240. The van der Waals surface area contributed by atoms with Crippen LogP contribution in [-0.2, 0) is 6.42 Å². The summed E-state index contributed by atoms with van der Waals surface area (Å²) in [4.78, 5) is 15.8. The maximum atomic E-state index is 9.50. The third-order valence-electron chi connectivity index (χ3n) is 4.52. The summed E-state index contributed by atoms with van der Waals surface area (Å²) in [7, 11) is 0. The zero-order valence-corrected chi connectivity index (χ0v) is 13.9. The zero-order valence-electron chi connectivity index (χ0n) is 13.9. The van der Waals surface area contributed by atoms with E-state index in [9.17, 15) is 5.11 Å². The van der Waals surface area contributed by atoms with Gasteiger partial charge in [0.1, 0.15) is 12.1 Å². The van der Waals surface area contributed by atoms with Gasteiger partial charge in [0.15, 0.2) is 0 Å². The van der Waals surface area contributed by atoms with Gasteiger partial charge in [0, 0.05) is 42.7 Å². The number of aromatic nitrogens is 3. The molecule has 1 N–H and O–H groups in total. The van der Waals surface area contributed by atoms with Crippen LogP contribution in [0.3, 0.4) is 0 Å². The van der Waals surface area contributed by atoms with Crippen molar-refractivity contribution in [3.63, 3.8) is 0 Å². The third-order valence-corrected chi connectivity index (χ3v) is 4.52. The average molecular weight is 312 g/mol. The molecule has 1 unspecified atom stereocenters. The van der Waals surface area contributed by atoms with Gasteiger partial charge >= 0.3 is 0 Å². The smallest absolute Gasteiger partial charge is 0.140 e. The van der Waals surface area contributed by atoms with Crippen molar-refractivity contribution in [1.82, 2.24) is 15.0 Å². The molecule has 0 aromatic carbocycles. The largest absolute Gasteiger partial charge is 0.396 e. The lowest BCUT2D eigenvalue weighted by Gasteiger charge is -2.34. The van der Waals surface area contributed by atoms with Gasteiger partial charge in [-0.05, 0) is 38.2 Å². The van der Waals surface area contributed by atoms with Crippen LogP contribution in [0.4, 0.5) is 5.82 Å². The van der Waals surface area contributed by atoms with Gasteiger partial charge in [0.2, 0.25) is 0 Å². The first kappa shape index (κ1) is 15.9.